The number of aryl methyl sites for hydroxylation is 2. The fourth-order valence-corrected chi connectivity index (χ4v) is 4.36. The summed E-state index contributed by atoms with van der Waals surface area (Å²) < 4.78 is 29.3. The topological polar surface area (TPSA) is 75.3 Å². The number of anilines is 2. The molecule has 0 aliphatic rings. The van der Waals surface area contributed by atoms with Crippen LogP contribution in [0, 0.1) is 17.4 Å². The fraction of sp³-hybridized carbons (Fsp3) is 0.0952. The van der Waals surface area contributed by atoms with Crippen LogP contribution in [-0.2, 0) is 10.0 Å². The minimum Gasteiger partial charge on any atom is -0.322 e. The van der Waals surface area contributed by atoms with Crippen LogP contribution in [-0.4, -0.2) is 14.3 Å². The van der Waals surface area contributed by atoms with E-state index < -0.39 is 10.0 Å². The van der Waals surface area contributed by atoms with E-state index in [1.807, 2.05) is 37.3 Å². The van der Waals surface area contributed by atoms with E-state index in [-0.39, 0.29) is 16.4 Å². The molecule has 0 atom stereocenters. The maximum atomic E-state index is 12.8. The van der Waals surface area contributed by atoms with Crippen LogP contribution in [0.2, 0.25) is 0 Å². The lowest BCUT2D eigenvalue weighted by molar-refractivity contribution is 0.102. The zero-order valence-corrected chi connectivity index (χ0v) is 18.3. The molecule has 2 N–H and O–H groups in total. The van der Waals surface area contributed by atoms with Crippen molar-refractivity contribution in [3.63, 3.8) is 0 Å². The standard InChI is InChI=1S/C21H19IN2O3S/c1-14-5-3-4-6-19(14)23-21(25)16-8-7-15(2)20(13-16)28(26,27)24-18-11-9-17(22)10-12-18/h3-13,24H,1-2H3,(H,23,25). The van der Waals surface area contributed by atoms with Crippen molar-refractivity contribution in [3.05, 3.63) is 87.0 Å². The van der Waals surface area contributed by atoms with Crippen LogP contribution >= 0.6 is 22.6 Å². The van der Waals surface area contributed by atoms with E-state index in [2.05, 4.69) is 32.6 Å². The zero-order valence-electron chi connectivity index (χ0n) is 15.4. The number of amides is 1. The number of rotatable bonds is 5. The normalized spacial score (nSPS) is 11.1. The van der Waals surface area contributed by atoms with E-state index in [0.717, 1.165) is 9.13 Å². The second-order valence-corrected chi connectivity index (χ2v) is 9.26. The molecule has 0 saturated heterocycles. The third kappa shape index (κ3) is 4.71. The van der Waals surface area contributed by atoms with E-state index in [1.165, 1.54) is 6.07 Å². The Hall–Kier alpha value is -2.39. The molecule has 0 saturated carbocycles. The van der Waals surface area contributed by atoms with Gasteiger partial charge in [-0.05, 0) is 90.0 Å². The second kappa shape index (κ2) is 8.32. The Morgan fingerprint density at radius 1 is 0.893 bits per heavy atom. The molecule has 1 amide bonds. The van der Waals surface area contributed by atoms with Crippen molar-refractivity contribution in [2.45, 2.75) is 18.7 Å². The highest BCUT2D eigenvalue weighted by Gasteiger charge is 2.19. The molecule has 0 aliphatic carbocycles. The second-order valence-electron chi connectivity index (χ2n) is 6.36. The van der Waals surface area contributed by atoms with Gasteiger partial charge in [0.15, 0.2) is 0 Å². The Balaban J connectivity index is 1.89. The molecular formula is C21H19IN2O3S. The molecule has 0 aromatic heterocycles. The van der Waals surface area contributed by atoms with Crippen molar-refractivity contribution in [1.29, 1.82) is 0 Å². The van der Waals surface area contributed by atoms with Gasteiger partial charge in [0.05, 0.1) is 4.90 Å². The number of nitrogens with one attached hydrogen (secondary N) is 2. The average Bonchev–Trinajstić information content (AvgIpc) is 2.65. The first-order valence-corrected chi connectivity index (χ1v) is 11.1. The molecule has 5 nitrogen and oxygen atoms in total. The predicted octanol–water partition coefficient (Wildman–Crippen LogP) is 4.96. The minimum absolute atomic E-state index is 0.0727. The SMILES string of the molecule is Cc1ccccc1NC(=O)c1ccc(C)c(S(=O)(=O)Nc2ccc(I)cc2)c1. The summed E-state index contributed by atoms with van der Waals surface area (Å²) in [7, 11) is -3.83. The third-order valence-electron chi connectivity index (χ3n) is 4.23. The summed E-state index contributed by atoms with van der Waals surface area (Å²) in [4.78, 5) is 12.7. The van der Waals surface area contributed by atoms with Gasteiger partial charge in [-0.3, -0.25) is 9.52 Å². The number of carbonyl (C=O) groups excluding carboxylic acids is 1. The lowest BCUT2D eigenvalue weighted by atomic mass is 10.1. The maximum absolute atomic E-state index is 12.8. The van der Waals surface area contributed by atoms with E-state index in [0.29, 0.717) is 16.9 Å². The fourth-order valence-electron chi connectivity index (χ4n) is 2.67. The highest BCUT2D eigenvalue weighted by atomic mass is 127. The summed E-state index contributed by atoms with van der Waals surface area (Å²) in [5, 5.41) is 2.83. The summed E-state index contributed by atoms with van der Waals surface area (Å²) in [6.45, 7) is 3.59. The average molecular weight is 506 g/mol. The monoisotopic (exact) mass is 506 g/mol. The highest BCUT2D eigenvalue weighted by molar-refractivity contribution is 14.1. The van der Waals surface area contributed by atoms with Gasteiger partial charge in [-0.15, -0.1) is 0 Å². The van der Waals surface area contributed by atoms with Gasteiger partial charge in [0.25, 0.3) is 15.9 Å². The minimum atomic E-state index is -3.83. The van der Waals surface area contributed by atoms with Crippen molar-refractivity contribution in [3.8, 4) is 0 Å². The maximum Gasteiger partial charge on any atom is 0.262 e. The zero-order chi connectivity index (χ0) is 20.3. The Bertz CT molecular complexity index is 1130. The molecule has 144 valence electrons. The van der Waals surface area contributed by atoms with Gasteiger partial charge >= 0.3 is 0 Å². The molecule has 0 aliphatic heterocycles. The molecule has 0 bridgehead atoms. The van der Waals surface area contributed by atoms with E-state index in [1.54, 1.807) is 37.3 Å². The Morgan fingerprint density at radius 2 is 1.57 bits per heavy atom. The summed E-state index contributed by atoms with van der Waals surface area (Å²) in [5.41, 5.74) is 2.92. The van der Waals surface area contributed by atoms with Crippen molar-refractivity contribution < 1.29 is 13.2 Å². The quantitative estimate of drug-likeness (QED) is 0.481. The van der Waals surface area contributed by atoms with Crippen LogP contribution in [0.15, 0.2) is 71.6 Å². The first-order valence-electron chi connectivity index (χ1n) is 8.52. The number of hydrogen-bond acceptors (Lipinski definition) is 3. The van der Waals surface area contributed by atoms with E-state index >= 15 is 0 Å². The van der Waals surface area contributed by atoms with Gasteiger partial charge < -0.3 is 5.32 Å². The van der Waals surface area contributed by atoms with Crippen LogP contribution in [0.5, 0.6) is 0 Å². The Kier molecular flexibility index (Phi) is 6.04. The van der Waals surface area contributed by atoms with Crippen LogP contribution in [0.4, 0.5) is 11.4 Å². The highest BCUT2D eigenvalue weighted by Crippen LogP contribution is 2.22. The van der Waals surface area contributed by atoms with Gasteiger partial charge in [0.1, 0.15) is 0 Å². The molecule has 0 unspecified atom stereocenters. The largest absolute Gasteiger partial charge is 0.322 e. The Labute approximate surface area is 178 Å². The molecule has 3 aromatic rings. The molecule has 7 heteroatoms. The molecule has 0 radical (unpaired) electrons. The van der Waals surface area contributed by atoms with Crippen LogP contribution < -0.4 is 10.0 Å². The summed E-state index contributed by atoms with van der Waals surface area (Å²) in [6, 6.07) is 19.1. The summed E-state index contributed by atoms with van der Waals surface area (Å²) in [5.74, 6) is -0.361. The summed E-state index contributed by atoms with van der Waals surface area (Å²) >= 11 is 2.15. The van der Waals surface area contributed by atoms with Gasteiger partial charge in [0, 0.05) is 20.5 Å². The number of para-hydroxylation sites is 1. The molecular weight excluding hydrogens is 487 g/mol. The third-order valence-corrected chi connectivity index (χ3v) is 6.47. The van der Waals surface area contributed by atoms with E-state index in [4.69, 9.17) is 0 Å². The molecule has 28 heavy (non-hydrogen) atoms. The van der Waals surface area contributed by atoms with Crippen molar-refractivity contribution in [1.82, 2.24) is 0 Å². The number of halogens is 1. The number of sulfonamides is 1. The van der Waals surface area contributed by atoms with Gasteiger partial charge in [-0.1, -0.05) is 24.3 Å². The number of hydrogen-bond donors (Lipinski definition) is 2. The predicted molar refractivity (Wildman–Crippen MR) is 120 cm³/mol. The summed E-state index contributed by atoms with van der Waals surface area (Å²) in [6.07, 6.45) is 0. The van der Waals surface area contributed by atoms with Gasteiger partial charge in [-0.25, -0.2) is 8.42 Å². The van der Waals surface area contributed by atoms with Crippen molar-refractivity contribution >= 4 is 49.9 Å². The molecule has 0 fully saturated rings. The lowest BCUT2D eigenvalue weighted by Crippen LogP contribution is -2.17. The van der Waals surface area contributed by atoms with Crippen molar-refractivity contribution in [2.75, 3.05) is 10.0 Å². The molecule has 3 aromatic carbocycles. The number of benzene rings is 3. The smallest absolute Gasteiger partial charge is 0.262 e. The van der Waals surface area contributed by atoms with Crippen LogP contribution in [0.25, 0.3) is 0 Å². The Morgan fingerprint density at radius 3 is 2.25 bits per heavy atom. The van der Waals surface area contributed by atoms with Gasteiger partial charge in [0.2, 0.25) is 0 Å². The van der Waals surface area contributed by atoms with Crippen molar-refractivity contribution in [2.24, 2.45) is 0 Å². The molecule has 3 rings (SSSR count). The first kappa shape index (κ1) is 20.3. The lowest BCUT2D eigenvalue weighted by Gasteiger charge is -2.13. The molecule has 0 heterocycles. The molecule has 0 spiro atoms. The number of carbonyl (C=O) groups is 1. The van der Waals surface area contributed by atoms with E-state index in [9.17, 15) is 13.2 Å². The van der Waals surface area contributed by atoms with Crippen LogP contribution in [0.1, 0.15) is 21.5 Å². The first-order chi connectivity index (χ1) is 13.3. The van der Waals surface area contributed by atoms with Crippen LogP contribution in [0.3, 0.4) is 0 Å². The van der Waals surface area contributed by atoms with Gasteiger partial charge in [-0.2, -0.15) is 0 Å².